The Morgan fingerprint density at radius 2 is 1.31 bits per heavy atom. The number of imidazole rings is 2. The molecule has 10 N–H and O–H groups in total. The van der Waals surface area contributed by atoms with E-state index < -0.39 is 108 Å². The number of allylic oxidation sites excluding steroid dienone is 2. The first kappa shape index (κ1) is 63.4. The zero-order valence-electron chi connectivity index (χ0n) is 47.4. The highest BCUT2D eigenvalue weighted by Crippen LogP contribution is 2.34. The van der Waals surface area contributed by atoms with Gasteiger partial charge in [0.05, 0.1) is 54.5 Å². The summed E-state index contributed by atoms with van der Waals surface area (Å²) in [5, 5.41) is 20.7. The van der Waals surface area contributed by atoms with Gasteiger partial charge in [0, 0.05) is 57.3 Å². The summed E-state index contributed by atoms with van der Waals surface area (Å²) in [7, 11) is 1.39. The van der Waals surface area contributed by atoms with Crippen LogP contribution >= 0.6 is 12.6 Å². The van der Waals surface area contributed by atoms with E-state index in [1.165, 1.54) is 38.3 Å². The number of hydrogen-bond acceptors (Lipinski definition) is 21. The van der Waals surface area contributed by atoms with Crippen molar-refractivity contribution in [3.8, 4) is 11.5 Å². The lowest BCUT2D eigenvalue weighted by Crippen LogP contribution is -2.52. The van der Waals surface area contributed by atoms with Gasteiger partial charge in [-0.15, -0.1) is 0 Å². The minimum absolute atomic E-state index is 0.0122. The van der Waals surface area contributed by atoms with E-state index in [0.717, 1.165) is 0 Å². The average molecular weight is 1210 g/mol. The third kappa shape index (κ3) is 15.2. The summed E-state index contributed by atoms with van der Waals surface area (Å²) in [4.78, 5) is 158. The number of aryl methyl sites for hydroxylation is 4. The number of primary amides is 2. The number of methoxy groups -OCH3 is 1. The first-order valence-electron chi connectivity index (χ1n) is 26.7. The van der Waals surface area contributed by atoms with Gasteiger partial charge >= 0.3 is 11.9 Å². The van der Waals surface area contributed by atoms with E-state index in [1.807, 2.05) is 6.92 Å². The Hall–Kier alpha value is -10.1. The van der Waals surface area contributed by atoms with Crippen molar-refractivity contribution in [2.75, 3.05) is 44.0 Å². The number of aromatic nitrogens is 6. The Kier molecular flexibility index (Phi) is 20.6. The van der Waals surface area contributed by atoms with Crippen LogP contribution in [0.5, 0.6) is 11.5 Å². The van der Waals surface area contributed by atoms with Crippen LogP contribution < -0.4 is 47.5 Å². The van der Waals surface area contributed by atoms with Crippen LogP contribution in [0.1, 0.15) is 111 Å². The summed E-state index contributed by atoms with van der Waals surface area (Å²) in [6.45, 7) is 6.24. The number of esters is 1. The molecule has 0 aliphatic carbocycles. The van der Waals surface area contributed by atoms with Gasteiger partial charge in [0.2, 0.25) is 64.8 Å². The second kappa shape index (κ2) is 28.0. The molecule has 3 atom stereocenters. The summed E-state index contributed by atoms with van der Waals surface area (Å²) >= 11 is 4.00. The van der Waals surface area contributed by atoms with Gasteiger partial charge in [0.1, 0.15) is 41.2 Å². The van der Waals surface area contributed by atoms with Crippen molar-refractivity contribution in [3.05, 3.63) is 82.2 Å². The maximum absolute atomic E-state index is 13.9. The van der Waals surface area contributed by atoms with E-state index in [-0.39, 0.29) is 114 Å². The monoisotopic (exact) mass is 1210 g/mol. The van der Waals surface area contributed by atoms with Gasteiger partial charge < -0.3 is 64.7 Å². The van der Waals surface area contributed by atoms with E-state index in [2.05, 4.69) is 59.1 Å². The predicted molar refractivity (Wildman–Crippen MR) is 304 cm³/mol. The van der Waals surface area contributed by atoms with Crippen molar-refractivity contribution >= 4 is 112 Å². The number of carbonyl (C=O) groups is 11. The Bertz CT molecular complexity index is 3710. The van der Waals surface area contributed by atoms with Gasteiger partial charge in [-0.25, -0.2) is 24.7 Å². The highest BCUT2D eigenvalue weighted by molar-refractivity contribution is 7.81. The molecule has 4 aromatic heterocycles. The second-order valence-electron chi connectivity index (χ2n) is 19.3. The lowest BCUT2D eigenvalue weighted by atomic mass is 10.1. The number of amides is 9. The highest BCUT2D eigenvalue weighted by Gasteiger charge is 2.38. The van der Waals surface area contributed by atoms with Crippen molar-refractivity contribution in [1.82, 2.24) is 49.9 Å². The number of benzene rings is 2. The summed E-state index contributed by atoms with van der Waals surface area (Å²) in [6.07, 6.45) is 3.01. The highest BCUT2D eigenvalue weighted by atomic mass is 32.1. The number of imide groups is 1. The van der Waals surface area contributed by atoms with E-state index in [0.29, 0.717) is 34.6 Å². The van der Waals surface area contributed by atoms with E-state index in [4.69, 9.17) is 34.5 Å². The molecule has 86 heavy (non-hydrogen) atoms. The number of thiol groups is 1. The number of nitrogens with two attached hydrogens (primary N) is 2. The molecule has 32 heteroatoms. The third-order valence-corrected chi connectivity index (χ3v) is 13.5. The minimum atomic E-state index is -1.48. The maximum atomic E-state index is 13.9. The lowest BCUT2D eigenvalue weighted by Gasteiger charge is -2.20. The van der Waals surface area contributed by atoms with Crippen molar-refractivity contribution < 1.29 is 80.9 Å². The van der Waals surface area contributed by atoms with Gasteiger partial charge in [-0.1, -0.05) is 26.0 Å². The normalized spacial score (nSPS) is 13.8. The molecule has 1 saturated heterocycles. The summed E-state index contributed by atoms with van der Waals surface area (Å²) in [5.41, 5.74) is 13.3. The Morgan fingerprint density at radius 1 is 0.779 bits per heavy atom. The van der Waals surface area contributed by atoms with Gasteiger partial charge in [-0.3, -0.25) is 63.5 Å². The fourth-order valence-corrected chi connectivity index (χ4v) is 9.24. The number of hydrogen-bond donors (Lipinski definition) is 9. The van der Waals surface area contributed by atoms with Crippen molar-refractivity contribution in [3.63, 3.8) is 0 Å². The second-order valence-corrected chi connectivity index (χ2v) is 19.9. The number of likely N-dealkylation sites (tertiary alicyclic amines) is 1. The fraction of sp³-hybridized carbons (Fsp3) is 0.389. The molecule has 0 bridgehead atoms. The summed E-state index contributed by atoms with van der Waals surface area (Å²) < 4.78 is 31.7. The molecule has 1 aliphatic heterocycles. The number of carboxylic acid groups (broad SMARTS) is 1. The zero-order chi connectivity index (χ0) is 62.7. The van der Waals surface area contributed by atoms with Gasteiger partial charge in [0.25, 0.3) is 11.8 Å². The number of aliphatic carboxylic acids is 1. The molecule has 1 unspecified atom stereocenters. The number of carboxylic acids is 1. The van der Waals surface area contributed by atoms with Crippen LogP contribution in [0.15, 0.2) is 45.3 Å². The topological polar surface area (TPSA) is 439 Å². The predicted octanol–water partition coefficient (Wildman–Crippen LogP) is 1.41. The minimum Gasteiger partial charge on any atom is -0.494 e. The molecule has 5 heterocycles. The first-order valence-corrected chi connectivity index (χ1v) is 27.3. The number of rotatable bonds is 29. The molecule has 0 saturated carbocycles. The van der Waals surface area contributed by atoms with Crippen LogP contribution in [0.25, 0.3) is 22.1 Å². The molecule has 0 spiro atoms. The van der Waals surface area contributed by atoms with E-state index in [1.54, 1.807) is 42.1 Å². The SMILES string of the molecule is CCc1nc(C)oc1C(=O)Nc1nc2cc(C(N)=O)cc(OC)c2n1C/C=C/Cn1c(NC(=O)c2oc(C)nc2CC)nc2cc(C(N)=O)cc(OCCCOC(=O)[C@H](C)NC(=O)CNC(=O)[C@H](CCC(=O)O)NC(=O)CN3C(=O)CC(S)C3=O)c21. The fourth-order valence-electron chi connectivity index (χ4n) is 8.94. The molecular formula is C54H62N14O17S. The van der Waals surface area contributed by atoms with Crippen LogP contribution in [0.2, 0.25) is 0 Å². The largest absolute Gasteiger partial charge is 0.494 e. The Labute approximate surface area is 493 Å². The number of nitrogens with zero attached hydrogens (tertiary/aromatic N) is 7. The molecule has 1 aliphatic rings. The zero-order valence-corrected chi connectivity index (χ0v) is 48.3. The van der Waals surface area contributed by atoms with Crippen LogP contribution in [0.4, 0.5) is 11.9 Å². The number of nitrogens with one attached hydrogen (secondary N) is 5. The molecular weight excluding hydrogens is 1150 g/mol. The maximum Gasteiger partial charge on any atom is 0.328 e. The summed E-state index contributed by atoms with van der Waals surface area (Å²) in [5.74, 6) is -8.50. The van der Waals surface area contributed by atoms with Crippen molar-refractivity contribution in [2.24, 2.45) is 11.5 Å². The lowest BCUT2D eigenvalue weighted by molar-refractivity contribution is -0.147. The molecule has 7 rings (SSSR count). The van der Waals surface area contributed by atoms with Crippen LogP contribution in [-0.2, 0) is 64.2 Å². The smallest absolute Gasteiger partial charge is 0.328 e. The molecule has 9 amide bonds. The molecule has 0 radical (unpaired) electrons. The van der Waals surface area contributed by atoms with Crippen LogP contribution in [0.3, 0.4) is 0 Å². The third-order valence-electron chi connectivity index (χ3n) is 13.1. The standard InChI is InChI=1S/C54H62N14O17S/c1-7-30-44(84-26(4)59-30)49(77)64-53-62-33-18-28(46(55)74)20-35(81-6)42(33)66(53)14-9-10-15-67-43-34(63-54(67)65-50(78)45-31(8-2)60-27(5)85-45)19-29(47(56)75)21-36(43)82-16-11-17-83-52(80)25(3)58-38(69)23-57-48(76)32(12-13-41(72)73)61-39(70)24-68-40(71)22-37(86)51(68)79/h9-10,18-21,25,32,37,86H,7-8,11-17,22-24H2,1-6H3,(H2,55,74)(H2,56,75)(H,57,76)(H,58,69)(H,61,70)(H,72,73)(H,62,64,77)(H,63,65,78)/b10-9+/t25-,32-,37?/m0/s1. The van der Waals surface area contributed by atoms with E-state index >= 15 is 0 Å². The molecule has 456 valence electrons. The Morgan fingerprint density at radius 3 is 1.80 bits per heavy atom. The first-order chi connectivity index (χ1) is 40.9. The molecule has 2 aromatic carbocycles. The number of oxazole rings is 2. The van der Waals surface area contributed by atoms with E-state index in [9.17, 15) is 57.8 Å². The number of anilines is 2. The van der Waals surface area contributed by atoms with Crippen molar-refractivity contribution in [2.45, 2.75) is 104 Å². The van der Waals surface area contributed by atoms with Gasteiger partial charge in [0.15, 0.2) is 11.8 Å². The molecule has 1 fully saturated rings. The van der Waals surface area contributed by atoms with Crippen LogP contribution in [-0.4, -0.2) is 155 Å². The van der Waals surface area contributed by atoms with Gasteiger partial charge in [-0.2, -0.15) is 12.6 Å². The van der Waals surface area contributed by atoms with Crippen molar-refractivity contribution in [1.29, 1.82) is 0 Å². The average Bonchev–Trinajstić information content (AvgIpc) is 1.79. The number of fused-ring (bicyclic) bond motifs is 2. The Balaban J connectivity index is 1.06. The van der Waals surface area contributed by atoms with Gasteiger partial charge in [-0.05, 0) is 50.5 Å². The number of carbonyl (C=O) groups excluding carboxylic acids is 10. The quantitative estimate of drug-likeness (QED) is 0.0105. The molecule has 6 aromatic rings. The van der Waals surface area contributed by atoms with Crippen LogP contribution in [0, 0.1) is 13.8 Å². The molecule has 31 nitrogen and oxygen atoms in total. The number of ether oxygens (including phenoxy) is 3. The summed E-state index contributed by atoms with van der Waals surface area (Å²) in [6, 6.07) is 2.92.